The number of amides is 3. The van der Waals surface area contributed by atoms with E-state index in [0.29, 0.717) is 65.9 Å². The van der Waals surface area contributed by atoms with Gasteiger partial charge in [-0.15, -0.1) is 0 Å². The Morgan fingerprint density at radius 1 is 0.929 bits per heavy atom. The maximum Gasteiger partial charge on any atom is 0.269 e. The summed E-state index contributed by atoms with van der Waals surface area (Å²) in [5.74, 6) is 1.47. The van der Waals surface area contributed by atoms with Crippen LogP contribution in [0.4, 0.5) is 5.69 Å². The molecule has 0 unspecified atom stereocenters. The Labute approximate surface area is 249 Å². The molecule has 0 saturated carbocycles. The molecule has 2 aliphatic heterocycles. The molecule has 3 heterocycles. The molecule has 0 aliphatic carbocycles. The molecule has 2 fully saturated rings. The molecule has 1 aromatic heterocycles. The van der Waals surface area contributed by atoms with Crippen molar-refractivity contribution in [2.24, 2.45) is 0 Å². The Morgan fingerprint density at radius 3 is 2.57 bits per heavy atom. The maximum atomic E-state index is 12.6. The summed E-state index contributed by atoms with van der Waals surface area (Å²) in [5, 5.41) is 23.0. The fourth-order valence-corrected chi connectivity index (χ4v) is 6.77. The standard InChI is InChI=1S/C31H37N7O3S/c1-20-34-26-19-42-27(29(26)35-20)13-5-6-14-28(39)36-23-12-7-11-22(17-23)30(40)32-15-8-16-33-31(41)25-18-24(37-38-25)21-9-3-2-4-10-21/h2-4,7,9-12,17-18,26-27,29,34-35H,1,5-6,8,13-16,19H2,(H,32,40)(H,33,41)(H,36,39)(H,37,38)/t26-,27-,29-/m1/s1. The van der Waals surface area contributed by atoms with Gasteiger partial charge in [-0.25, -0.2) is 0 Å². The van der Waals surface area contributed by atoms with E-state index < -0.39 is 0 Å². The second kappa shape index (κ2) is 14.1. The molecule has 0 spiro atoms. The van der Waals surface area contributed by atoms with Gasteiger partial charge < -0.3 is 26.6 Å². The Hall–Kier alpha value is -4.25. The predicted molar refractivity (Wildman–Crippen MR) is 166 cm³/mol. The smallest absolute Gasteiger partial charge is 0.269 e. The van der Waals surface area contributed by atoms with Crippen LogP contribution in [-0.4, -0.2) is 64.1 Å². The lowest BCUT2D eigenvalue weighted by Crippen LogP contribution is -2.36. The number of nitrogens with zero attached hydrogens (tertiary/aromatic N) is 1. The highest BCUT2D eigenvalue weighted by Gasteiger charge is 2.40. The second-order valence-electron chi connectivity index (χ2n) is 10.5. The molecule has 6 N–H and O–H groups in total. The van der Waals surface area contributed by atoms with Crippen LogP contribution in [0.25, 0.3) is 11.3 Å². The van der Waals surface area contributed by atoms with E-state index in [1.807, 2.05) is 42.1 Å². The lowest BCUT2D eigenvalue weighted by atomic mass is 10.0. The normalized spacial score (nSPS) is 19.0. The van der Waals surface area contributed by atoms with Gasteiger partial charge in [0.15, 0.2) is 0 Å². The number of carbonyl (C=O) groups excluding carboxylic acids is 3. The third-order valence-corrected chi connectivity index (χ3v) is 8.90. The van der Waals surface area contributed by atoms with Gasteiger partial charge >= 0.3 is 0 Å². The van der Waals surface area contributed by atoms with Crippen molar-refractivity contribution in [2.75, 3.05) is 24.2 Å². The largest absolute Gasteiger partial charge is 0.367 e. The first-order valence-electron chi connectivity index (χ1n) is 14.4. The number of thioether (sulfide) groups is 1. The third kappa shape index (κ3) is 7.73. The van der Waals surface area contributed by atoms with Crippen LogP contribution < -0.4 is 26.6 Å². The highest BCUT2D eigenvalue weighted by molar-refractivity contribution is 8.00. The van der Waals surface area contributed by atoms with Crippen LogP contribution in [0.1, 0.15) is 53.0 Å². The summed E-state index contributed by atoms with van der Waals surface area (Å²) in [6.07, 6.45) is 3.88. The molecule has 2 saturated heterocycles. The number of aromatic amines is 1. The minimum absolute atomic E-state index is 0.0533. The molecule has 0 bridgehead atoms. The van der Waals surface area contributed by atoms with Gasteiger partial charge in [0, 0.05) is 47.3 Å². The van der Waals surface area contributed by atoms with Crippen molar-refractivity contribution >= 4 is 35.2 Å². The number of hydrogen-bond donors (Lipinski definition) is 6. The van der Waals surface area contributed by atoms with Crippen LogP contribution in [0.3, 0.4) is 0 Å². The molecule has 2 aromatic carbocycles. The van der Waals surface area contributed by atoms with Crippen LogP contribution in [-0.2, 0) is 4.79 Å². The first kappa shape index (κ1) is 29.2. The van der Waals surface area contributed by atoms with E-state index in [1.165, 1.54) is 0 Å². The number of benzene rings is 2. The summed E-state index contributed by atoms with van der Waals surface area (Å²) in [7, 11) is 0. The summed E-state index contributed by atoms with van der Waals surface area (Å²) in [6.45, 7) is 4.77. The topological polar surface area (TPSA) is 140 Å². The SMILES string of the molecule is C=C1N[C@@H]2[C@@H](CS[C@@H]2CCCCC(=O)Nc2cccc(C(=O)NCCCNC(=O)c3cc(-c4ccccc4)n[nH]3)c2)N1. The molecule has 3 atom stereocenters. The fraction of sp³-hybridized carbons (Fsp3) is 0.355. The second-order valence-corrected chi connectivity index (χ2v) is 11.8. The first-order valence-corrected chi connectivity index (χ1v) is 15.4. The van der Waals surface area contributed by atoms with Crippen molar-refractivity contribution in [3.63, 3.8) is 0 Å². The number of hydrogen-bond acceptors (Lipinski definition) is 7. The number of anilines is 1. The van der Waals surface area contributed by atoms with Gasteiger partial charge in [0.25, 0.3) is 11.8 Å². The zero-order chi connectivity index (χ0) is 29.3. The van der Waals surface area contributed by atoms with Gasteiger partial charge in [0.1, 0.15) is 5.69 Å². The number of rotatable bonds is 13. The molecular formula is C31H37N7O3S. The van der Waals surface area contributed by atoms with E-state index in [9.17, 15) is 14.4 Å². The molecule has 2 aliphatic rings. The molecular weight excluding hydrogens is 550 g/mol. The van der Waals surface area contributed by atoms with Crippen LogP contribution in [0.15, 0.2) is 73.1 Å². The Morgan fingerprint density at radius 2 is 1.74 bits per heavy atom. The van der Waals surface area contributed by atoms with Crippen molar-refractivity contribution < 1.29 is 14.4 Å². The molecule has 11 heteroatoms. The molecule has 3 aromatic rings. The van der Waals surface area contributed by atoms with Crippen molar-refractivity contribution in [1.29, 1.82) is 0 Å². The number of aromatic nitrogens is 2. The molecule has 5 rings (SSSR count). The van der Waals surface area contributed by atoms with Gasteiger partial charge in [-0.3, -0.25) is 19.5 Å². The lowest BCUT2D eigenvalue weighted by Gasteiger charge is -2.17. The van der Waals surface area contributed by atoms with Crippen molar-refractivity contribution in [1.82, 2.24) is 31.5 Å². The van der Waals surface area contributed by atoms with Crippen molar-refractivity contribution in [3.8, 4) is 11.3 Å². The summed E-state index contributed by atoms with van der Waals surface area (Å²) in [6, 6.07) is 19.2. The van der Waals surface area contributed by atoms with E-state index >= 15 is 0 Å². The van der Waals surface area contributed by atoms with E-state index in [0.717, 1.165) is 36.4 Å². The minimum Gasteiger partial charge on any atom is -0.367 e. The van der Waals surface area contributed by atoms with Gasteiger partial charge in [0.2, 0.25) is 5.91 Å². The molecule has 220 valence electrons. The van der Waals surface area contributed by atoms with E-state index in [2.05, 4.69) is 43.4 Å². The summed E-state index contributed by atoms with van der Waals surface area (Å²) < 4.78 is 0. The number of H-pyrrole nitrogens is 1. The molecule has 42 heavy (non-hydrogen) atoms. The van der Waals surface area contributed by atoms with E-state index in [1.54, 1.807) is 30.3 Å². The van der Waals surface area contributed by atoms with Crippen LogP contribution in [0, 0.1) is 0 Å². The predicted octanol–water partition coefficient (Wildman–Crippen LogP) is 3.64. The molecule has 3 amide bonds. The number of unbranched alkanes of at least 4 members (excludes halogenated alkanes) is 1. The van der Waals surface area contributed by atoms with Crippen LogP contribution >= 0.6 is 11.8 Å². The van der Waals surface area contributed by atoms with Crippen molar-refractivity contribution in [2.45, 2.75) is 49.4 Å². The fourth-order valence-electron chi connectivity index (χ4n) is 5.23. The maximum absolute atomic E-state index is 12.6. The van der Waals surface area contributed by atoms with Gasteiger partial charge in [0.05, 0.1) is 23.6 Å². The lowest BCUT2D eigenvalue weighted by molar-refractivity contribution is -0.116. The molecule has 0 radical (unpaired) electrons. The van der Waals surface area contributed by atoms with E-state index in [-0.39, 0.29) is 17.7 Å². The first-order chi connectivity index (χ1) is 20.5. The highest BCUT2D eigenvalue weighted by Crippen LogP contribution is 2.34. The summed E-state index contributed by atoms with van der Waals surface area (Å²) >= 11 is 1.98. The Balaban J connectivity index is 0.967. The quantitative estimate of drug-likeness (QED) is 0.168. The molecule has 10 nitrogen and oxygen atoms in total. The number of fused-ring (bicyclic) bond motifs is 1. The Kier molecular flexibility index (Phi) is 9.81. The average Bonchev–Trinajstić information content (AvgIpc) is 3.72. The average molecular weight is 588 g/mol. The highest BCUT2D eigenvalue weighted by atomic mass is 32.2. The monoisotopic (exact) mass is 587 g/mol. The summed E-state index contributed by atoms with van der Waals surface area (Å²) in [5.41, 5.74) is 3.08. The van der Waals surface area contributed by atoms with Crippen LogP contribution in [0.5, 0.6) is 0 Å². The van der Waals surface area contributed by atoms with Gasteiger partial charge in [-0.1, -0.05) is 49.4 Å². The van der Waals surface area contributed by atoms with E-state index in [4.69, 9.17) is 0 Å². The van der Waals surface area contributed by atoms with Gasteiger partial charge in [-0.05, 0) is 43.5 Å². The Bertz CT molecular complexity index is 1410. The van der Waals surface area contributed by atoms with Gasteiger partial charge in [-0.2, -0.15) is 16.9 Å². The van der Waals surface area contributed by atoms with Crippen molar-refractivity contribution in [3.05, 3.63) is 84.3 Å². The number of nitrogens with one attached hydrogen (secondary N) is 6. The number of carbonyl (C=O) groups is 3. The summed E-state index contributed by atoms with van der Waals surface area (Å²) in [4.78, 5) is 37.5. The third-order valence-electron chi connectivity index (χ3n) is 7.39. The zero-order valence-corrected chi connectivity index (χ0v) is 24.3. The zero-order valence-electron chi connectivity index (χ0n) is 23.4. The minimum atomic E-state index is -0.250. The van der Waals surface area contributed by atoms with Crippen LogP contribution in [0.2, 0.25) is 0 Å².